The first-order valence-corrected chi connectivity index (χ1v) is 24.2. The highest BCUT2D eigenvalue weighted by molar-refractivity contribution is 6.15. The summed E-state index contributed by atoms with van der Waals surface area (Å²) in [7, 11) is 0. The molecule has 65 heavy (non-hydrogen) atoms. The van der Waals surface area contributed by atoms with Gasteiger partial charge in [0.2, 0.25) is 0 Å². The Kier molecular flexibility index (Phi) is 15.7. The number of alkyl halides is 2. The van der Waals surface area contributed by atoms with Gasteiger partial charge in [0.15, 0.2) is 5.83 Å². The lowest BCUT2D eigenvalue weighted by Gasteiger charge is -2.39. The number of unbranched alkanes of at least 4 members (excludes halogenated alkanes) is 4. The van der Waals surface area contributed by atoms with E-state index in [1.165, 1.54) is 25.3 Å². The summed E-state index contributed by atoms with van der Waals surface area (Å²) in [5, 5.41) is 3.66. The molecule has 7 atom stereocenters. The average molecular weight is 891 g/mol. The summed E-state index contributed by atoms with van der Waals surface area (Å²) in [4.78, 5) is 32.1. The molecule has 0 radical (unpaired) electrons. The number of halogens is 3. The molecule has 1 aromatic rings. The van der Waals surface area contributed by atoms with Crippen LogP contribution in [0.1, 0.15) is 126 Å². The Labute approximate surface area is 383 Å². The summed E-state index contributed by atoms with van der Waals surface area (Å²) in [5.74, 6) is 0.710. The van der Waals surface area contributed by atoms with E-state index in [0.717, 1.165) is 57.9 Å². The Morgan fingerprint density at radius 2 is 1.69 bits per heavy atom. The van der Waals surface area contributed by atoms with Gasteiger partial charge in [0.25, 0.3) is 0 Å². The highest BCUT2D eigenvalue weighted by Crippen LogP contribution is 2.43. The highest BCUT2D eigenvalue weighted by Gasteiger charge is 2.50. The molecule has 0 saturated carbocycles. The number of amidine groups is 2. The van der Waals surface area contributed by atoms with Crippen molar-refractivity contribution in [3.05, 3.63) is 95.0 Å². The van der Waals surface area contributed by atoms with E-state index in [9.17, 15) is 9.18 Å². The van der Waals surface area contributed by atoms with Crippen molar-refractivity contribution >= 4 is 29.6 Å². The third-order valence-electron chi connectivity index (χ3n) is 13.9. The normalized spacial score (nSPS) is 28.5. The summed E-state index contributed by atoms with van der Waals surface area (Å²) in [5.41, 5.74) is 0.848. The second kappa shape index (κ2) is 22.0. The molecule has 0 spiro atoms. The summed E-state index contributed by atoms with van der Waals surface area (Å²) in [6.45, 7) is 5.19. The third-order valence-corrected chi connectivity index (χ3v) is 13.9. The smallest absolute Gasteiger partial charge is 0.318 e. The van der Waals surface area contributed by atoms with Crippen LogP contribution in [0.2, 0.25) is 0 Å². The van der Waals surface area contributed by atoms with Crippen molar-refractivity contribution in [2.75, 3.05) is 39.3 Å². The lowest BCUT2D eigenvalue weighted by molar-refractivity contribution is -0.134. The molecular weight excluding hydrogens is 826 g/mol. The van der Waals surface area contributed by atoms with Crippen LogP contribution < -0.4 is 10.1 Å². The summed E-state index contributed by atoms with van der Waals surface area (Å²) in [6.07, 6.45) is 37.2. The van der Waals surface area contributed by atoms with Gasteiger partial charge >= 0.3 is 12.0 Å². The van der Waals surface area contributed by atoms with Crippen molar-refractivity contribution in [1.29, 1.82) is 0 Å². The molecule has 8 rings (SSSR count). The van der Waals surface area contributed by atoms with Crippen LogP contribution in [0.25, 0.3) is 6.08 Å². The Hall–Kier alpha value is -4.99. The Morgan fingerprint density at radius 3 is 2.42 bits per heavy atom. The molecule has 5 unspecified atom stereocenters. The number of hydrogen-bond donors (Lipinski definition) is 1. The standard InChI is InChI=1S/C53H65F3N6O3/c1-3-5-6-7-8-9-10-11-12-13-14-15-16-17-18-19-20-22-46(63)65-41-29-37-23-26-45(55)42(4-2)47(37)43(30-41)49-48(56)50-44(32-57-49)51(61-34-39-24-25-40(35-61)58-39)60-52(59-50)64-36-53-27-21-28-62(53)33-38(54)31-53/h2,8-9,11-12,14-15,17-18,23,26,29-30,38-40,42,44-45,58H,3,5-7,10,13,16,19-22,24-25,27-28,31-36H2,1H3/b9-8-,12-11-,15-14-,18-17-/t38-,39?,40?,42?,44?,45?,53+/m1/s1. The van der Waals surface area contributed by atoms with Crippen molar-refractivity contribution in [2.45, 2.75) is 139 Å². The number of aliphatic imine (C=N–C) groups is 3. The van der Waals surface area contributed by atoms with Crippen LogP contribution in [0.3, 0.4) is 0 Å². The number of benzene rings is 1. The van der Waals surface area contributed by atoms with Crippen molar-refractivity contribution in [3.8, 4) is 18.1 Å². The first-order chi connectivity index (χ1) is 31.7. The second-order valence-corrected chi connectivity index (χ2v) is 18.6. The molecule has 6 aliphatic heterocycles. The number of piperazine rings is 1. The molecule has 346 valence electrons. The maximum Gasteiger partial charge on any atom is 0.318 e. The number of carbonyl (C=O) groups excluding carboxylic acids is 1. The SMILES string of the molecule is C#CC1c2c(cc(OC(=O)CCC/C=C\C/C=C\C/C=C\C/C=C\CCCCC)cc2C2=NCC3C(N4CC5CCC(C4)N5)=NC(OC[C@@]45CCCN4C[C@H](F)C5)=NC3=C2F)C=CC1F. The minimum atomic E-state index is -1.51. The van der Waals surface area contributed by atoms with Gasteiger partial charge in [-0.25, -0.2) is 13.2 Å². The largest absolute Gasteiger partial charge is 0.461 e. The van der Waals surface area contributed by atoms with Crippen molar-refractivity contribution < 1.29 is 27.4 Å². The Balaban J connectivity index is 0.947. The number of hydrogen-bond acceptors (Lipinski definition) is 9. The van der Waals surface area contributed by atoms with Crippen molar-refractivity contribution in [1.82, 2.24) is 15.1 Å². The molecule has 12 heteroatoms. The molecule has 6 heterocycles. The number of dihydropyridines is 1. The van der Waals surface area contributed by atoms with Crippen LogP contribution in [0, 0.1) is 18.3 Å². The second-order valence-electron chi connectivity index (χ2n) is 18.6. The van der Waals surface area contributed by atoms with Gasteiger partial charge in [0.05, 0.1) is 29.6 Å². The first kappa shape index (κ1) is 46.5. The lowest BCUT2D eigenvalue weighted by atomic mass is 9.80. The van der Waals surface area contributed by atoms with Crippen LogP contribution in [0.5, 0.6) is 5.75 Å². The third kappa shape index (κ3) is 11.2. The molecule has 1 aliphatic carbocycles. The minimum absolute atomic E-state index is 0.0324. The van der Waals surface area contributed by atoms with E-state index >= 15 is 8.78 Å². The van der Waals surface area contributed by atoms with Crippen LogP contribution in [-0.2, 0) is 9.53 Å². The van der Waals surface area contributed by atoms with E-state index < -0.39 is 41.5 Å². The zero-order valence-electron chi connectivity index (χ0n) is 37.9. The first-order valence-electron chi connectivity index (χ1n) is 24.2. The molecule has 0 aromatic heterocycles. The maximum atomic E-state index is 17.5. The zero-order valence-corrected chi connectivity index (χ0v) is 37.9. The monoisotopic (exact) mass is 891 g/mol. The summed E-state index contributed by atoms with van der Waals surface area (Å²) in [6, 6.07) is 3.83. The van der Waals surface area contributed by atoms with Gasteiger partial charge in [-0.3, -0.25) is 14.7 Å². The lowest BCUT2D eigenvalue weighted by Crippen LogP contribution is -2.55. The number of fused-ring (bicyclic) bond motifs is 5. The van der Waals surface area contributed by atoms with E-state index in [4.69, 9.17) is 30.9 Å². The van der Waals surface area contributed by atoms with E-state index in [0.29, 0.717) is 67.9 Å². The zero-order chi connectivity index (χ0) is 45.2. The number of nitrogens with one attached hydrogen (secondary N) is 1. The number of carbonyl (C=O) groups is 1. The molecule has 7 aliphatic rings. The van der Waals surface area contributed by atoms with Crippen LogP contribution in [-0.4, -0.2) is 103 Å². The fourth-order valence-electron chi connectivity index (χ4n) is 10.6. The molecule has 0 amide bonds. The van der Waals surface area contributed by atoms with E-state index in [1.54, 1.807) is 18.2 Å². The van der Waals surface area contributed by atoms with Gasteiger partial charge in [-0.15, -0.1) is 6.42 Å². The molecule has 4 saturated heterocycles. The molecule has 4 fully saturated rings. The molecule has 1 N–H and O–H groups in total. The number of rotatable bonds is 18. The van der Waals surface area contributed by atoms with E-state index in [2.05, 4.69) is 76.6 Å². The van der Waals surface area contributed by atoms with Gasteiger partial charge in [-0.2, -0.15) is 9.98 Å². The number of ether oxygens (including phenoxy) is 2. The minimum Gasteiger partial charge on any atom is -0.461 e. The van der Waals surface area contributed by atoms with Gasteiger partial charge in [0.1, 0.15) is 36.2 Å². The topological polar surface area (TPSA) is 91.1 Å². The van der Waals surface area contributed by atoms with Crippen molar-refractivity contribution in [3.63, 3.8) is 0 Å². The van der Waals surface area contributed by atoms with Gasteiger partial charge < -0.3 is 19.7 Å². The fourth-order valence-corrected chi connectivity index (χ4v) is 10.6. The van der Waals surface area contributed by atoms with Crippen molar-refractivity contribution in [2.24, 2.45) is 20.9 Å². The summed E-state index contributed by atoms with van der Waals surface area (Å²) >= 11 is 0. The molecular formula is C53H65F3N6O3. The van der Waals surface area contributed by atoms with Crippen LogP contribution in [0.15, 0.2) is 93.3 Å². The van der Waals surface area contributed by atoms with E-state index in [1.807, 2.05) is 0 Å². The number of esters is 1. The van der Waals surface area contributed by atoms with Gasteiger partial charge in [0, 0.05) is 50.1 Å². The number of terminal acetylenes is 1. The molecule has 2 bridgehead atoms. The Bertz CT molecular complexity index is 2210. The molecule has 1 aromatic carbocycles. The van der Waals surface area contributed by atoms with E-state index in [-0.39, 0.29) is 48.3 Å². The predicted molar refractivity (Wildman–Crippen MR) is 254 cm³/mol. The maximum absolute atomic E-state index is 17.5. The van der Waals surface area contributed by atoms with Crippen LogP contribution >= 0.6 is 0 Å². The molecule has 9 nitrogen and oxygen atoms in total. The predicted octanol–water partition coefficient (Wildman–Crippen LogP) is 10.2. The van der Waals surface area contributed by atoms with Gasteiger partial charge in [-0.05, 0) is 107 Å². The average Bonchev–Trinajstić information content (AvgIpc) is 3.96. The quantitative estimate of drug-likeness (QED) is 0.0519. The number of nitrogens with zero attached hydrogens (tertiary/aromatic N) is 5. The highest BCUT2D eigenvalue weighted by atomic mass is 19.1. The van der Waals surface area contributed by atoms with Crippen LogP contribution in [0.4, 0.5) is 13.2 Å². The van der Waals surface area contributed by atoms with Gasteiger partial charge in [-0.1, -0.05) is 80.4 Å². The summed E-state index contributed by atoms with van der Waals surface area (Å²) < 4.78 is 59.9. The number of allylic oxidation sites excluding steroid dienone is 10. The Morgan fingerprint density at radius 1 is 0.969 bits per heavy atom. The fraction of sp³-hybridized carbons (Fsp3) is 0.547. The number of likely N-dealkylation sites (tertiary alicyclic amines) is 1.